The lowest BCUT2D eigenvalue weighted by Gasteiger charge is -2.27. The Morgan fingerprint density at radius 3 is 2.62 bits per heavy atom. The van der Waals surface area contributed by atoms with Crippen LogP contribution in [0.25, 0.3) is 0 Å². The number of rotatable bonds is 3. The van der Waals surface area contributed by atoms with Crippen LogP contribution < -0.4 is 16.4 Å². The molecule has 132 valence electrons. The minimum absolute atomic E-state index is 0.0568. The maximum atomic E-state index is 12.1. The summed E-state index contributed by atoms with van der Waals surface area (Å²) in [7, 11) is 1.87. The zero-order valence-electron chi connectivity index (χ0n) is 14.6. The van der Waals surface area contributed by atoms with Crippen LogP contribution in [0.3, 0.4) is 0 Å². The van der Waals surface area contributed by atoms with Crippen LogP contribution in [-0.4, -0.2) is 53.7 Å². The fraction of sp³-hybridized carbons (Fsp3) is 0.562. The Balaban J connectivity index is 2.07. The van der Waals surface area contributed by atoms with Gasteiger partial charge in [0.2, 0.25) is 0 Å². The Hall–Kier alpha value is -2.51. The molecule has 0 bridgehead atoms. The molecule has 1 aromatic heterocycles. The van der Waals surface area contributed by atoms with E-state index in [1.54, 1.807) is 17.0 Å². The van der Waals surface area contributed by atoms with Gasteiger partial charge in [0.1, 0.15) is 11.4 Å². The number of pyridine rings is 1. The van der Waals surface area contributed by atoms with Gasteiger partial charge in [-0.25, -0.2) is 9.78 Å². The first-order chi connectivity index (χ1) is 11.1. The number of aromatic nitrogens is 1. The number of hydrogen-bond acceptors (Lipinski definition) is 6. The molecule has 0 aromatic carbocycles. The molecule has 4 N–H and O–H groups in total. The van der Waals surface area contributed by atoms with Crippen molar-refractivity contribution in [2.45, 2.75) is 38.8 Å². The van der Waals surface area contributed by atoms with Crippen LogP contribution in [0.5, 0.6) is 0 Å². The highest BCUT2D eigenvalue weighted by atomic mass is 16.6. The molecule has 2 amide bonds. The van der Waals surface area contributed by atoms with Crippen LogP contribution >= 0.6 is 0 Å². The predicted molar refractivity (Wildman–Crippen MR) is 91.8 cm³/mol. The molecule has 2 heterocycles. The maximum absolute atomic E-state index is 12.1. The molecule has 1 aliphatic heterocycles. The average Bonchev–Trinajstić information content (AvgIpc) is 2.94. The van der Waals surface area contributed by atoms with E-state index in [0.29, 0.717) is 18.9 Å². The van der Waals surface area contributed by atoms with Crippen molar-refractivity contribution in [3.05, 3.63) is 17.8 Å². The van der Waals surface area contributed by atoms with Gasteiger partial charge in [-0.3, -0.25) is 4.79 Å². The topological polar surface area (TPSA) is 115 Å². The van der Waals surface area contributed by atoms with Crippen LogP contribution in [0.4, 0.5) is 16.3 Å². The minimum atomic E-state index is -0.662. The summed E-state index contributed by atoms with van der Waals surface area (Å²) in [5, 5.41) is 0. The molecule has 0 saturated carbocycles. The molecule has 0 spiro atoms. The van der Waals surface area contributed by atoms with Gasteiger partial charge in [0, 0.05) is 26.2 Å². The molecule has 8 heteroatoms. The summed E-state index contributed by atoms with van der Waals surface area (Å²) < 4.78 is 5.40. The predicted octanol–water partition coefficient (Wildman–Crippen LogP) is 1.21. The number of primary amides is 1. The van der Waals surface area contributed by atoms with E-state index in [9.17, 15) is 9.59 Å². The fourth-order valence-electron chi connectivity index (χ4n) is 2.59. The summed E-state index contributed by atoms with van der Waals surface area (Å²) in [6.45, 7) is 6.67. The molecule has 8 nitrogen and oxygen atoms in total. The van der Waals surface area contributed by atoms with Crippen molar-refractivity contribution in [1.29, 1.82) is 0 Å². The quantitative estimate of drug-likeness (QED) is 0.858. The molecule has 1 atom stereocenters. The second-order valence-electron chi connectivity index (χ2n) is 6.95. The number of nitrogens with zero attached hydrogens (tertiary/aromatic N) is 3. The van der Waals surface area contributed by atoms with Crippen LogP contribution in [0.2, 0.25) is 0 Å². The van der Waals surface area contributed by atoms with E-state index in [2.05, 4.69) is 4.98 Å². The first-order valence-corrected chi connectivity index (χ1v) is 7.85. The van der Waals surface area contributed by atoms with Gasteiger partial charge in [0.15, 0.2) is 5.69 Å². The Morgan fingerprint density at radius 2 is 2.04 bits per heavy atom. The number of carbonyl (C=O) groups is 2. The highest BCUT2D eigenvalue weighted by molar-refractivity contribution is 5.96. The Bertz CT molecular complexity index is 641. The summed E-state index contributed by atoms with van der Waals surface area (Å²) in [6, 6.07) is 3.42. The van der Waals surface area contributed by atoms with E-state index in [4.69, 9.17) is 16.2 Å². The number of anilines is 2. The molecule has 0 aliphatic carbocycles. The SMILES string of the molecule is CN(c1ccc(N)c(C(N)=O)n1)C1CCN(C(=O)OC(C)(C)C)C1. The summed E-state index contributed by atoms with van der Waals surface area (Å²) >= 11 is 0. The van der Waals surface area contributed by atoms with E-state index in [0.717, 1.165) is 6.42 Å². The molecule has 24 heavy (non-hydrogen) atoms. The van der Waals surface area contributed by atoms with Gasteiger partial charge in [-0.1, -0.05) is 0 Å². The summed E-state index contributed by atoms with van der Waals surface area (Å²) in [6.07, 6.45) is 0.467. The van der Waals surface area contributed by atoms with Crippen molar-refractivity contribution in [1.82, 2.24) is 9.88 Å². The van der Waals surface area contributed by atoms with Gasteiger partial charge in [-0.05, 0) is 39.3 Å². The number of carbonyl (C=O) groups excluding carboxylic acids is 2. The summed E-state index contributed by atoms with van der Waals surface area (Å²) in [5.74, 6) is -0.0707. The van der Waals surface area contributed by atoms with E-state index in [-0.39, 0.29) is 23.5 Å². The fourth-order valence-corrected chi connectivity index (χ4v) is 2.59. The van der Waals surface area contributed by atoms with E-state index < -0.39 is 11.5 Å². The van der Waals surface area contributed by atoms with E-state index in [1.807, 2.05) is 32.7 Å². The highest BCUT2D eigenvalue weighted by Crippen LogP contribution is 2.23. The van der Waals surface area contributed by atoms with Crippen molar-refractivity contribution >= 4 is 23.5 Å². The Morgan fingerprint density at radius 1 is 1.38 bits per heavy atom. The largest absolute Gasteiger partial charge is 0.444 e. The molecule has 1 saturated heterocycles. The van der Waals surface area contributed by atoms with Gasteiger partial charge in [-0.15, -0.1) is 0 Å². The second-order valence-corrected chi connectivity index (χ2v) is 6.95. The van der Waals surface area contributed by atoms with Crippen molar-refractivity contribution in [2.75, 3.05) is 30.8 Å². The Kier molecular flexibility index (Phi) is 4.86. The molecular formula is C16H25N5O3. The van der Waals surface area contributed by atoms with Gasteiger partial charge in [0.05, 0.1) is 5.69 Å². The molecule has 0 radical (unpaired) electrons. The van der Waals surface area contributed by atoms with Crippen LogP contribution in [0.1, 0.15) is 37.7 Å². The molecule has 1 fully saturated rings. The number of amides is 2. The maximum Gasteiger partial charge on any atom is 0.410 e. The summed E-state index contributed by atoms with van der Waals surface area (Å²) in [4.78, 5) is 31.4. The van der Waals surface area contributed by atoms with Crippen LogP contribution in [0.15, 0.2) is 12.1 Å². The summed E-state index contributed by atoms with van der Waals surface area (Å²) in [5.41, 5.74) is 10.8. The van der Waals surface area contributed by atoms with Crippen molar-refractivity contribution in [3.8, 4) is 0 Å². The van der Waals surface area contributed by atoms with E-state index >= 15 is 0 Å². The van der Waals surface area contributed by atoms with Crippen LogP contribution in [-0.2, 0) is 4.74 Å². The third-order valence-corrected chi connectivity index (χ3v) is 3.87. The zero-order chi connectivity index (χ0) is 18.1. The molecular weight excluding hydrogens is 310 g/mol. The van der Waals surface area contributed by atoms with E-state index in [1.165, 1.54) is 0 Å². The van der Waals surface area contributed by atoms with Crippen molar-refractivity contribution in [3.63, 3.8) is 0 Å². The van der Waals surface area contributed by atoms with Crippen molar-refractivity contribution < 1.29 is 14.3 Å². The number of nitrogen functional groups attached to an aromatic ring is 1. The number of likely N-dealkylation sites (tertiary alicyclic amines) is 1. The van der Waals surface area contributed by atoms with Gasteiger partial charge in [0.25, 0.3) is 5.91 Å². The minimum Gasteiger partial charge on any atom is -0.444 e. The van der Waals surface area contributed by atoms with Gasteiger partial charge in [-0.2, -0.15) is 0 Å². The first kappa shape index (κ1) is 17.8. The standard InChI is InChI=1S/C16H25N5O3/c1-16(2,3)24-15(23)21-8-7-10(9-21)20(4)12-6-5-11(17)13(19-12)14(18)22/h5-6,10H,7-9,17H2,1-4H3,(H2,18,22). The second kappa shape index (κ2) is 6.54. The lowest BCUT2D eigenvalue weighted by atomic mass is 10.2. The lowest BCUT2D eigenvalue weighted by Crippen LogP contribution is -2.39. The van der Waals surface area contributed by atoms with Crippen LogP contribution in [0, 0.1) is 0 Å². The van der Waals surface area contributed by atoms with Crippen molar-refractivity contribution in [2.24, 2.45) is 5.73 Å². The number of hydrogen-bond donors (Lipinski definition) is 2. The normalized spacial score (nSPS) is 17.7. The third kappa shape index (κ3) is 4.06. The number of likely N-dealkylation sites (N-methyl/N-ethyl adjacent to an activating group) is 1. The number of ether oxygens (including phenoxy) is 1. The number of nitrogens with two attached hydrogens (primary N) is 2. The molecule has 1 unspecified atom stereocenters. The monoisotopic (exact) mass is 335 g/mol. The average molecular weight is 335 g/mol. The molecule has 1 aromatic rings. The third-order valence-electron chi connectivity index (χ3n) is 3.87. The van der Waals surface area contributed by atoms with Gasteiger partial charge >= 0.3 is 6.09 Å². The molecule has 1 aliphatic rings. The Labute approximate surface area is 141 Å². The molecule has 2 rings (SSSR count). The highest BCUT2D eigenvalue weighted by Gasteiger charge is 2.32. The zero-order valence-corrected chi connectivity index (χ0v) is 14.6. The lowest BCUT2D eigenvalue weighted by molar-refractivity contribution is 0.0292. The van der Waals surface area contributed by atoms with Gasteiger partial charge < -0.3 is 26.0 Å². The first-order valence-electron chi connectivity index (χ1n) is 7.85. The smallest absolute Gasteiger partial charge is 0.410 e.